The Balaban J connectivity index is 1.24. The summed E-state index contributed by atoms with van der Waals surface area (Å²) in [6.45, 7) is 1.36. The first-order chi connectivity index (χ1) is 21.3. The quantitative estimate of drug-likeness (QED) is 0.206. The number of alkyl halides is 1. The molecule has 1 saturated heterocycles. The molecule has 44 heavy (non-hydrogen) atoms. The van der Waals surface area contributed by atoms with Crippen molar-refractivity contribution in [3.63, 3.8) is 0 Å². The average Bonchev–Trinajstić information content (AvgIpc) is 3.04. The van der Waals surface area contributed by atoms with Gasteiger partial charge in [0.25, 0.3) is 0 Å². The maximum atomic E-state index is 15.0. The van der Waals surface area contributed by atoms with Crippen LogP contribution in [0.2, 0.25) is 0 Å². The highest BCUT2D eigenvalue weighted by molar-refractivity contribution is 6.39. The first-order valence-electron chi connectivity index (χ1n) is 14.0. The van der Waals surface area contributed by atoms with Crippen LogP contribution >= 0.6 is 0 Å². The molecule has 4 aromatic rings. The summed E-state index contributed by atoms with van der Waals surface area (Å²) in [4.78, 5) is 29.0. The molecule has 3 aromatic carbocycles. The van der Waals surface area contributed by atoms with Gasteiger partial charge in [-0.15, -0.1) is 0 Å². The Labute approximate surface area is 251 Å². The van der Waals surface area contributed by atoms with Crippen molar-refractivity contribution in [1.82, 2.24) is 15.6 Å². The Kier molecular flexibility index (Phi) is 9.80. The highest BCUT2D eigenvalue weighted by Gasteiger charge is 2.19. The van der Waals surface area contributed by atoms with Gasteiger partial charge in [0, 0.05) is 41.5 Å². The van der Waals surface area contributed by atoms with Crippen LogP contribution in [-0.2, 0) is 22.8 Å². The van der Waals surface area contributed by atoms with Crippen molar-refractivity contribution in [2.24, 2.45) is 5.92 Å². The largest absolute Gasteiger partial charge is 0.493 e. The third-order valence-electron chi connectivity index (χ3n) is 7.24. The van der Waals surface area contributed by atoms with Gasteiger partial charge in [-0.1, -0.05) is 6.07 Å². The number of carbonyl (C=O) groups is 2. The van der Waals surface area contributed by atoms with Gasteiger partial charge >= 0.3 is 11.8 Å². The minimum Gasteiger partial charge on any atom is -0.493 e. The molecule has 0 spiro atoms. The van der Waals surface area contributed by atoms with E-state index in [1.165, 1.54) is 37.6 Å². The van der Waals surface area contributed by atoms with Crippen LogP contribution in [0.4, 0.5) is 18.9 Å². The monoisotopic (exact) mass is 608 g/mol. The fourth-order valence-corrected chi connectivity index (χ4v) is 4.82. The summed E-state index contributed by atoms with van der Waals surface area (Å²) >= 11 is 0. The smallest absolute Gasteiger partial charge is 0.313 e. The predicted molar refractivity (Wildman–Crippen MR) is 158 cm³/mol. The van der Waals surface area contributed by atoms with Crippen LogP contribution in [-0.4, -0.2) is 43.6 Å². The number of nitrogens with zero attached hydrogens (tertiary/aromatic N) is 1. The molecule has 0 radical (unpaired) electrons. The second-order valence-corrected chi connectivity index (χ2v) is 10.3. The fourth-order valence-electron chi connectivity index (χ4n) is 4.82. The normalized spacial score (nSPS) is 13.4. The maximum absolute atomic E-state index is 15.0. The van der Waals surface area contributed by atoms with Crippen molar-refractivity contribution in [3.8, 4) is 23.0 Å². The van der Waals surface area contributed by atoms with Crippen LogP contribution < -0.4 is 30.2 Å². The number of aromatic nitrogens is 1. The van der Waals surface area contributed by atoms with Gasteiger partial charge in [-0.05, 0) is 73.8 Å². The lowest BCUT2D eigenvalue weighted by Crippen LogP contribution is -2.35. The third kappa shape index (κ3) is 7.38. The zero-order valence-electron chi connectivity index (χ0n) is 23.9. The van der Waals surface area contributed by atoms with Gasteiger partial charge in [0.1, 0.15) is 18.2 Å². The minimum atomic E-state index is -1.09. The van der Waals surface area contributed by atoms with E-state index in [1.807, 2.05) is 0 Å². The van der Waals surface area contributed by atoms with Gasteiger partial charge < -0.3 is 30.2 Å². The summed E-state index contributed by atoms with van der Waals surface area (Å²) in [5.74, 6) is -1.95. The van der Waals surface area contributed by atoms with E-state index in [2.05, 4.69) is 20.9 Å². The highest BCUT2D eigenvalue weighted by atomic mass is 19.1. The van der Waals surface area contributed by atoms with E-state index in [0.29, 0.717) is 40.7 Å². The third-order valence-corrected chi connectivity index (χ3v) is 7.24. The number of pyridine rings is 1. The zero-order chi connectivity index (χ0) is 31.1. The second kappa shape index (κ2) is 14.1. The van der Waals surface area contributed by atoms with E-state index in [9.17, 15) is 18.4 Å². The molecular weight excluding hydrogens is 577 g/mol. The minimum absolute atomic E-state index is 0.00241. The van der Waals surface area contributed by atoms with Crippen LogP contribution in [0.1, 0.15) is 24.0 Å². The standard InChI is InChI=1S/C32H31F3N4O5/c1-42-29-14-23-26(15-30(29)43-18-19-6-9-36-10-7-19)37-11-8-27(23)44-28-5-3-22(13-25(28)35)39-32(41)31(40)38-17-21-12-20(16-33)2-4-24(21)34/h2-5,8,11-15,19,36H,6-7,9-10,16-18H2,1H3,(H,38,40)(H,39,41). The molecule has 1 aliphatic heterocycles. The lowest BCUT2D eigenvalue weighted by Gasteiger charge is -2.23. The van der Waals surface area contributed by atoms with Gasteiger partial charge in [0.05, 0.1) is 19.2 Å². The van der Waals surface area contributed by atoms with Gasteiger partial charge in [0.2, 0.25) is 0 Å². The molecule has 3 N–H and O–H groups in total. The van der Waals surface area contributed by atoms with Crippen molar-refractivity contribution in [2.45, 2.75) is 26.1 Å². The first-order valence-corrected chi connectivity index (χ1v) is 14.0. The number of halogens is 3. The molecule has 1 aromatic heterocycles. The molecule has 2 amide bonds. The predicted octanol–water partition coefficient (Wildman–Crippen LogP) is 5.42. The highest BCUT2D eigenvalue weighted by Crippen LogP contribution is 2.38. The molecule has 1 fully saturated rings. The van der Waals surface area contributed by atoms with Gasteiger partial charge in [-0.25, -0.2) is 13.2 Å². The molecule has 0 atom stereocenters. The van der Waals surface area contributed by atoms with Crippen molar-refractivity contribution >= 4 is 28.4 Å². The number of piperidine rings is 1. The van der Waals surface area contributed by atoms with E-state index < -0.39 is 30.1 Å². The van der Waals surface area contributed by atoms with Crippen LogP contribution in [0, 0.1) is 17.6 Å². The number of ether oxygens (including phenoxy) is 3. The molecular formula is C32H31F3N4O5. The van der Waals surface area contributed by atoms with Crippen LogP contribution in [0.15, 0.2) is 60.8 Å². The molecule has 0 unspecified atom stereocenters. The van der Waals surface area contributed by atoms with Gasteiger partial charge in [-0.2, -0.15) is 0 Å². The number of rotatable bonds is 10. The van der Waals surface area contributed by atoms with Crippen molar-refractivity contribution < 1.29 is 37.0 Å². The Morgan fingerprint density at radius 2 is 1.75 bits per heavy atom. The summed E-state index contributed by atoms with van der Waals surface area (Å²) in [6.07, 6.45) is 3.60. The number of fused-ring (bicyclic) bond motifs is 1. The summed E-state index contributed by atoms with van der Waals surface area (Å²) < 4.78 is 59.3. The van der Waals surface area contributed by atoms with Crippen LogP contribution in [0.5, 0.6) is 23.0 Å². The van der Waals surface area contributed by atoms with Crippen molar-refractivity contribution in [2.75, 3.05) is 32.1 Å². The van der Waals surface area contributed by atoms with E-state index in [-0.39, 0.29) is 29.1 Å². The van der Waals surface area contributed by atoms with E-state index >= 15 is 4.39 Å². The number of hydrogen-bond acceptors (Lipinski definition) is 7. The maximum Gasteiger partial charge on any atom is 0.313 e. The molecule has 0 bridgehead atoms. The van der Waals surface area contributed by atoms with Gasteiger partial charge in [0.15, 0.2) is 23.1 Å². The molecule has 5 rings (SSSR count). The summed E-state index contributed by atoms with van der Waals surface area (Å²) in [5, 5.41) is 8.46. The number of nitrogens with one attached hydrogen (secondary N) is 3. The second-order valence-electron chi connectivity index (χ2n) is 10.3. The van der Waals surface area contributed by atoms with E-state index in [1.54, 1.807) is 18.2 Å². The number of hydrogen-bond donors (Lipinski definition) is 3. The first kappa shape index (κ1) is 30.6. The number of benzene rings is 3. The van der Waals surface area contributed by atoms with Gasteiger partial charge in [-0.3, -0.25) is 14.6 Å². The Morgan fingerprint density at radius 1 is 0.932 bits per heavy atom. The lowest BCUT2D eigenvalue weighted by atomic mass is 9.99. The molecule has 1 aliphatic rings. The molecule has 230 valence electrons. The Hall–Kier alpha value is -4.84. The molecule has 0 aliphatic carbocycles. The molecule has 12 heteroatoms. The number of methoxy groups -OCH3 is 1. The number of anilines is 1. The molecule has 9 nitrogen and oxygen atoms in total. The molecule has 0 saturated carbocycles. The Bertz CT molecular complexity index is 1660. The van der Waals surface area contributed by atoms with E-state index in [0.717, 1.165) is 38.1 Å². The lowest BCUT2D eigenvalue weighted by molar-refractivity contribution is -0.136. The number of carbonyl (C=O) groups excluding carboxylic acids is 2. The summed E-state index contributed by atoms with van der Waals surface area (Å²) in [6, 6.07) is 12.4. The average molecular weight is 609 g/mol. The topological polar surface area (TPSA) is 111 Å². The van der Waals surface area contributed by atoms with E-state index in [4.69, 9.17) is 14.2 Å². The van der Waals surface area contributed by atoms with Crippen molar-refractivity contribution in [1.29, 1.82) is 0 Å². The SMILES string of the molecule is COc1cc2c(Oc3ccc(NC(=O)C(=O)NCc4cc(CF)ccc4F)cc3F)ccnc2cc1OCC1CCNCC1. The van der Waals surface area contributed by atoms with Crippen LogP contribution in [0.25, 0.3) is 10.9 Å². The molecule has 2 heterocycles. The van der Waals surface area contributed by atoms with Crippen LogP contribution in [0.3, 0.4) is 0 Å². The summed E-state index contributed by atoms with van der Waals surface area (Å²) in [7, 11) is 1.53. The van der Waals surface area contributed by atoms with Crippen molar-refractivity contribution in [3.05, 3.63) is 83.6 Å². The summed E-state index contributed by atoms with van der Waals surface area (Å²) in [5.41, 5.74) is 0.822. The number of amides is 2. The zero-order valence-corrected chi connectivity index (χ0v) is 23.9. The fraction of sp³-hybridized carbons (Fsp3) is 0.281. The Morgan fingerprint density at radius 3 is 2.50 bits per heavy atom.